The van der Waals surface area contributed by atoms with Gasteiger partial charge in [-0.15, -0.1) is 0 Å². The maximum atomic E-state index is 12.4. The number of H-pyrrole nitrogens is 1. The smallest absolute Gasteiger partial charge is 0.264 e. The summed E-state index contributed by atoms with van der Waals surface area (Å²) < 4.78 is 6.26. The highest BCUT2D eigenvalue weighted by molar-refractivity contribution is 5.76. The highest BCUT2D eigenvalue weighted by Gasteiger charge is 2.43. The number of ether oxygens (including phenoxy) is 1. The van der Waals surface area contributed by atoms with Crippen LogP contribution < -0.4 is 5.56 Å². The van der Waals surface area contributed by atoms with Gasteiger partial charge >= 0.3 is 0 Å². The van der Waals surface area contributed by atoms with Crippen molar-refractivity contribution in [1.82, 2.24) is 15.1 Å². The van der Waals surface area contributed by atoms with Crippen molar-refractivity contribution in [3.05, 3.63) is 28.2 Å². The van der Waals surface area contributed by atoms with E-state index in [9.17, 15) is 14.7 Å². The molecule has 0 unspecified atom stereocenters. The lowest BCUT2D eigenvalue weighted by molar-refractivity contribution is -0.183. The molecule has 1 spiro atoms. The van der Waals surface area contributed by atoms with E-state index >= 15 is 0 Å². The molecule has 2 aliphatic rings. The van der Waals surface area contributed by atoms with Gasteiger partial charge in [-0.3, -0.25) is 9.59 Å². The Bertz CT molecular complexity index is 631. The first-order valence-electron chi connectivity index (χ1n) is 9.18. The lowest BCUT2D eigenvalue weighted by atomic mass is 9.81. The first-order valence-corrected chi connectivity index (χ1v) is 9.18. The molecular weight excluding hydrogens is 322 g/mol. The van der Waals surface area contributed by atoms with Crippen LogP contribution in [0.5, 0.6) is 0 Å². The second-order valence-corrected chi connectivity index (χ2v) is 7.22. The normalized spacial score (nSPS) is 25.9. The first kappa shape index (κ1) is 18.1. The van der Waals surface area contributed by atoms with Crippen molar-refractivity contribution in [1.29, 1.82) is 0 Å². The summed E-state index contributed by atoms with van der Waals surface area (Å²) in [4.78, 5) is 25.3. The van der Waals surface area contributed by atoms with Crippen LogP contribution >= 0.6 is 0 Å². The van der Waals surface area contributed by atoms with Crippen LogP contribution in [0.4, 0.5) is 0 Å². The molecule has 0 aromatic carbocycles. The number of nitrogens with zero attached hydrogens (tertiary/aromatic N) is 2. The van der Waals surface area contributed by atoms with Crippen molar-refractivity contribution in [2.75, 3.05) is 13.1 Å². The number of likely N-dealkylation sites (tertiary alicyclic amines) is 1. The molecule has 25 heavy (non-hydrogen) atoms. The predicted molar refractivity (Wildman–Crippen MR) is 92.1 cm³/mol. The number of aromatic amines is 1. The van der Waals surface area contributed by atoms with E-state index in [1.807, 2.05) is 4.90 Å². The van der Waals surface area contributed by atoms with Crippen LogP contribution in [0.15, 0.2) is 16.9 Å². The van der Waals surface area contributed by atoms with Crippen LogP contribution in [-0.4, -0.2) is 57.0 Å². The number of aryl methyl sites for hydroxylation is 1. The summed E-state index contributed by atoms with van der Waals surface area (Å²) in [5, 5.41) is 16.5. The molecule has 3 rings (SSSR count). The standard InChI is InChI=1S/C18H27N3O4/c1-2-15-11-14(22)12-18(25-15)7-9-21(10-8-18)17(24)6-4-13-3-5-16(23)20-19-13/h3,5,14-15,22H,2,4,6-12H2,1H3,(H,20,23)/t14-,15+/m1/s1. The van der Waals surface area contributed by atoms with E-state index in [0.29, 0.717) is 44.5 Å². The third-order valence-electron chi connectivity index (χ3n) is 5.37. The molecule has 2 saturated heterocycles. The molecule has 2 fully saturated rings. The number of hydrogen-bond acceptors (Lipinski definition) is 5. The lowest BCUT2D eigenvalue weighted by Crippen LogP contribution is -2.53. The molecule has 7 nitrogen and oxygen atoms in total. The fourth-order valence-electron chi connectivity index (χ4n) is 3.91. The highest BCUT2D eigenvalue weighted by atomic mass is 16.5. The Hall–Kier alpha value is -1.73. The predicted octanol–water partition coefficient (Wildman–Crippen LogP) is 1.01. The summed E-state index contributed by atoms with van der Waals surface area (Å²) in [5.74, 6) is 0.103. The number of piperidine rings is 1. The summed E-state index contributed by atoms with van der Waals surface area (Å²) in [6.07, 6.45) is 4.59. The van der Waals surface area contributed by atoms with E-state index in [4.69, 9.17) is 4.74 Å². The van der Waals surface area contributed by atoms with Gasteiger partial charge in [-0.05, 0) is 31.7 Å². The van der Waals surface area contributed by atoms with Crippen molar-refractivity contribution < 1.29 is 14.6 Å². The van der Waals surface area contributed by atoms with Gasteiger partial charge in [-0.1, -0.05) is 6.92 Å². The molecule has 7 heteroatoms. The number of carbonyl (C=O) groups excluding carboxylic acids is 1. The Kier molecular flexibility index (Phi) is 5.54. The molecule has 2 N–H and O–H groups in total. The molecule has 138 valence electrons. The second kappa shape index (κ2) is 7.66. The molecule has 3 heterocycles. The van der Waals surface area contributed by atoms with Crippen LogP contribution in [0, 0.1) is 0 Å². The Morgan fingerprint density at radius 1 is 1.44 bits per heavy atom. The van der Waals surface area contributed by atoms with Gasteiger partial charge in [0.25, 0.3) is 5.56 Å². The van der Waals surface area contributed by atoms with Gasteiger partial charge < -0.3 is 14.7 Å². The molecule has 0 bridgehead atoms. The molecule has 0 aliphatic carbocycles. The Labute approximate surface area is 147 Å². The summed E-state index contributed by atoms with van der Waals surface area (Å²) in [7, 11) is 0. The van der Waals surface area contributed by atoms with Gasteiger partial charge in [-0.2, -0.15) is 5.10 Å². The highest BCUT2D eigenvalue weighted by Crippen LogP contribution is 2.38. The zero-order chi connectivity index (χ0) is 17.9. The fourth-order valence-corrected chi connectivity index (χ4v) is 3.91. The zero-order valence-corrected chi connectivity index (χ0v) is 14.7. The minimum Gasteiger partial charge on any atom is -0.393 e. The number of aromatic nitrogens is 2. The third kappa shape index (κ3) is 4.46. The van der Waals surface area contributed by atoms with Crippen LogP contribution in [0.2, 0.25) is 0 Å². The number of rotatable bonds is 4. The van der Waals surface area contributed by atoms with Crippen LogP contribution in [0.1, 0.15) is 51.1 Å². The van der Waals surface area contributed by atoms with Gasteiger partial charge in [0.1, 0.15) is 0 Å². The van der Waals surface area contributed by atoms with E-state index in [1.165, 1.54) is 6.07 Å². The number of nitrogens with one attached hydrogen (secondary N) is 1. The Balaban J connectivity index is 1.50. The topological polar surface area (TPSA) is 95.5 Å². The average Bonchev–Trinajstić information content (AvgIpc) is 2.61. The molecule has 2 aliphatic heterocycles. The maximum absolute atomic E-state index is 12.4. The summed E-state index contributed by atoms with van der Waals surface area (Å²) in [6, 6.07) is 3.08. The van der Waals surface area contributed by atoms with Gasteiger partial charge in [0, 0.05) is 38.4 Å². The van der Waals surface area contributed by atoms with E-state index in [0.717, 1.165) is 19.3 Å². The van der Waals surface area contributed by atoms with Crippen LogP contribution in [0.25, 0.3) is 0 Å². The Morgan fingerprint density at radius 3 is 2.84 bits per heavy atom. The quantitative estimate of drug-likeness (QED) is 0.846. The SMILES string of the molecule is CC[C@H]1C[C@@H](O)CC2(CCN(C(=O)CCc3ccc(=O)[nH]n3)CC2)O1. The van der Waals surface area contributed by atoms with Crippen molar-refractivity contribution >= 4 is 5.91 Å². The third-order valence-corrected chi connectivity index (χ3v) is 5.37. The monoisotopic (exact) mass is 349 g/mol. The Morgan fingerprint density at radius 2 is 2.20 bits per heavy atom. The molecule has 2 atom stereocenters. The van der Waals surface area contributed by atoms with E-state index in [2.05, 4.69) is 17.1 Å². The fraction of sp³-hybridized carbons (Fsp3) is 0.722. The van der Waals surface area contributed by atoms with E-state index < -0.39 is 0 Å². The zero-order valence-electron chi connectivity index (χ0n) is 14.7. The first-order chi connectivity index (χ1) is 12.0. The number of carbonyl (C=O) groups is 1. The molecule has 1 aromatic rings. The number of hydrogen-bond donors (Lipinski definition) is 2. The van der Waals surface area contributed by atoms with E-state index in [-0.39, 0.29) is 29.3 Å². The van der Waals surface area contributed by atoms with Crippen molar-refractivity contribution in [3.63, 3.8) is 0 Å². The van der Waals surface area contributed by atoms with Crippen LogP contribution in [0.3, 0.4) is 0 Å². The minimum absolute atomic E-state index is 0.103. The van der Waals surface area contributed by atoms with E-state index in [1.54, 1.807) is 6.07 Å². The molecule has 0 radical (unpaired) electrons. The van der Waals surface area contributed by atoms with Gasteiger partial charge in [-0.25, -0.2) is 5.10 Å². The second-order valence-electron chi connectivity index (χ2n) is 7.22. The lowest BCUT2D eigenvalue weighted by Gasteiger charge is -2.47. The van der Waals surface area contributed by atoms with Crippen LogP contribution in [-0.2, 0) is 16.0 Å². The van der Waals surface area contributed by atoms with Gasteiger partial charge in [0.05, 0.1) is 23.5 Å². The number of amides is 1. The molecule has 1 amide bonds. The summed E-state index contributed by atoms with van der Waals surface area (Å²) in [6.45, 7) is 3.42. The molecule has 0 saturated carbocycles. The number of aliphatic hydroxyl groups is 1. The van der Waals surface area contributed by atoms with Crippen molar-refractivity contribution in [2.45, 2.75) is 69.7 Å². The van der Waals surface area contributed by atoms with Gasteiger partial charge in [0.2, 0.25) is 5.91 Å². The van der Waals surface area contributed by atoms with Gasteiger partial charge in [0.15, 0.2) is 0 Å². The maximum Gasteiger partial charge on any atom is 0.264 e. The minimum atomic E-state index is -0.299. The van der Waals surface area contributed by atoms with Crippen molar-refractivity contribution in [3.8, 4) is 0 Å². The van der Waals surface area contributed by atoms with Crippen molar-refractivity contribution in [2.24, 2.45) is 0 Å². The molecular formula is C18H27N3O4. The summed E-state index contributed by atoms with van der Waals surface area (Å²) >= 11 is 0. The average molecular weight is 349 g/mol. The largest absolute Gasteiger partial charge is 0.393 e. The molecule has 1 aromatic heterocycles. The number of aliphatic hydroxyl groups excluding tert-OH is 1. The summed E-state index contributed by atoms with van der Waals surface area (Å²) in [5.41, 5.74) is 0.206.